The van der Waals surface area contributed by atoms with Crippen LogP contribution in [0.4, 0.5) is 14.9 Å². The fraction of sp³-hybridized carbons (Fsp3) is 0.559. The molecule has 9 heteroatoms. The summed E-state index contributed by atoms with van der Waals surface area (Å²) in [5, 5.41) is 23.4. The Morgan fingerprint density at radius 2 is 1.88 bits per heavy atom. The summed E-state index contributed by atoms with van der Waals surface area (Å²) in [5.41, 5.74) is 2.80. The van der Waals surface area contributed by atoms with Gasteiger partial charge in [0.25, 0.3) is 0 Å². The maximum absolute atomic E-state index is 14.5. The molecule has 3 fully saturated rings. The Morgan fingerprint density at radius 3 is 2.53 bits per heavy atom. The van der Waals surface area contributed by atoms with E-state index in [1.165, 1.54) is 24.9 Å². The SMILES string of the molecule is COC(=O)N[C@H]1CCC[C@@H]1[C@](C#N)(c1cccc(F)c1)C1CCN(CC2CN(c3ccc(C#N)c(CN(C)C)c3)C2)CC1. The van der Waals surface area contributed by atoms with Crippen LogP contribution in [0.1, 0.15) is 48.8 Å². The number of rotatable bonds is 9. The molecule has 2 aromatic carbocycles. The first kappa shape index (κ1) is 30.8. The second-order valence-electron chi connectivity index (χ2n) is 12.8. The maximum atomic E-state index is 14.5. The van der Waals surface area contributed by atoms with Crippen LogP contribution in [-0.2, 0) is 16.7 Å². The third-order valence-corrected chi connectivity index (χ3v) is 9.84. The van der Waals surface area contributed by atoms with Crippen molar-refractivity contribution < 1.29 is 13.9 Å². The minimum Gasteiger partial charge on any atom is -0.453 e. The number of amides is 1. The number of ether oxygens (including phenoxy) is 1. The molecule has 3 atom stereocenters. The summed E-state index contributed by atoms with van der Waals surface area (Å²) in [6, 6.07) is 17.5. The van der Waals surface area contributed by atoms with Crippen molar-refractivity contribution in [3.8, 4) is 12.1 Å². The fourth-order valence-corrected chi connectivity index (χ4v) is 7.81. The molecule has 43 heavy (non-hydrogen) atoms. The molecule has 0 unspecified atom stereocenters. The summed E-state index contributed by atoms with van der Waals surface area (Å²) in [5.74, 6) is 0.180. The van der Waals surface area contributed by atoms with E-state index in [0.29, 0.717) is 5.92 Å². The van der Waals surface area contributed by atoms with Gasteiger partial charge in [-0.25, -0.2) is 9.18 Å². The fourth-order valence-electron chi connectivity index (χ4n) is 7.81. The number of hydrogen-bond acceptors (Lipinski definition) is 7. The highest BCUT2D eigenvalue weighted by molar-refractivity contribution is 5.67. The number of halogens is 1. The molecule has 0 radical (unpaired) electrons. The molecule has 3 aliphatic rings. The first-order chi connectivity index (χ1) is 20.8. The lowest BCUT2D eigenvalue weighted by molar-refractivity contribution is 0.0938. The topological polar surface area (TPSA) is 95.6 Å². The minimum absolute atomic E-state index is 0.0623. The van der Waals surface area contributed by atoms with Crippen LogP contribution in [0.25, 0.3) is 0 Å². The number of piperidine rings is 1. The molecule has 8 nitrogen and oxygen atoms in total. The van der Waals surface area contributed by atoms with Gasteiger partial charge in [-0.2, -0.15) is 10.5 Å². The van der Waals surface area contributed by atoms with Gasteiger partial charge in [0.2, 0.25) is 0 Å². The number of nitrogens with zero attached hydrogens (tertiary/aromatic N) is 5. The van der Waals surface area contributed by atoms with Crippen LogP contribution in [0.15, 0.2) is 42.5 Å². The monoisotopic (exact) mass is 586 g/mol. The molecule has 0 aromatic heterocycles. The van der Waals surface area contributed by atoms with Crippen molar-refractivity contribution in [2.24, 2.45) is 17.8 Å². The Labute approximate surface area is 255 Å². The molecule has 2 aromatic rings. The smallest absolute Gasteiger partial charge is 0.407 e. The summed E-state index contributed by atoms with van der Waals surface area (Å²) in [4.78, 5) is 19.2. The summed E-state index contributed by atoms with van der Waals surface area (Å²) in [6.45, 7) is 5.52. The Kier molecular flexibility index (Phi) is 9.54. The molecule has 5 rings (SSSR count). The quantitative estimate of drug-likeness (QED) is 0.447. The zero-order valence-electron chi connectivity index (χ0n) is 25.6. The summed E-state index contributed by atoms with van der Waals surface area (Å²) in [7, 11) is 5.38. The highest BCUT2D eigenvalue weighted by Gasteiger charge is 2.52. The van der Waals surface area contributed by atoms with Gasteiger partial charge in [0.1, 0.15) is 5.82 Å². The number of benzene rings is 2. The van der Waals surface area contributed by atoms with Gasteiger partial charge in [0.05, 0.1) is 30.2 Å². The van der Waals surface area contributed by atoms with Crippen LogP contribution >= 0.6 is 0 Å². The number of hydrogen-bond donors (Lipinski definition) is 1. The lowest BCUT2D eigenvalue weighted by Gasteiger charge is -2.48. The number of nitrogens with one attached hydrogen (secondary N) is 1. The van der Waals surface area contributed by atoms with Crippen LogP contribution in [0.3, 0.4) is 0 Å². The van der Waals surface area contributed by atoms with Crippen molar-refractivity contribution in [1.29, 1.82) is 10.5 Å². The molecule has 228 valence electrons. The largest absolute Gasteiger partial charge is 0.453 e. The van der Waals surface area contributed by atoms with E-state index in [1.54, 1.807) is 6.07 Å². The van der Waals surface area contributed by atoms with Crippen molar-refractivity contribution in [2.45, 2.75) is 50.1 Å². The zero-order chi connectivity index (χ0) is 30.6. The molecule has 1 aliphatic carbocycles. The van der Waals surface area contributed by atoms with E-state index in [1.807, 2.05) is 26.2 Å². The number of nitriles is 2. The molecular weight excluding hydrogens is 543 g/mol. The van der Waals surface area contributed by atoms with Crippen molar-refractivity contribution in [3.05, 3.63) is 65.0 Å². The number of alkyl carbamates (subject to hydrolysis) is 1. The highest BCUT2D eigenvalue weighted by atomic mass is 19.1. The second kappa shape index (κ2) is 13.3. The van der Waals surface area contributed by atoms with Crippen molar-refractivity contribution in [2.75, 3.05) is 58.8 Å². The van der Waals surface area contributed by atoms with Crippen molar-refractivity contribution in [3.63, 3.8) is 0 Å². The Hall–Kier alpha value is -3.66. The Bertz CT molecular complexity index is 1370. The van der Waals surface area contributed by atoms with E-state index >= 15 is 0 Å². The van der Waals surface area contributed by atoms with Gasteiger partial charge in [0.15, 0.2) is 0 Å². The van der Waals surface area contributed by atoms with Crippen molar-refractivity contribution >= 4 is 11.8 Å². The van der Waals surface area contributed by atoms with E-state index in [9.17, 15) is 19.7 Å². The molecule has 0 spiro atoms. The summed E-state index contributed by atoms with van der Waals surface area (Å²) >= 11 is 0. The average molecular weight is 587 g/mol. The molecule has 2 saturated heterocycles. The highest BCUT2D eigenvalue weighted by Crippen LogP contribution is 2.50. The molecule has 2 aliphatic heterocycles. The standard InChI is InChI=1S/C34H43FN6O2/c1-39(2)22-26-16-30(11-10-25(26)18-36)41-20-24(21-41)19-40-14-12-27(13-15-40)34(23-37,28-6-4-7-29(35)17-28)31-8-5-9-32(31)38-33(42)43-3/h4,6-7,10-11,16-17,24,27,31-32H,5,8-9,12-15,19-22H2,1-3H3,(H,38,42)/t31-,32-,34-/m0/s1. The van der Waals surface area contributed by atoms with Gasteiger partial charge in [-0.1, -0.05) is 18.6 Å². The van der Waals surface area contributed by atoms with Crippen LogP contribution < -0.4 is 10.2 Å². The normalized spacial score (nSPS) is 22.8. The molecule has 2 heterocycles. The number of carbonyl (C=O) groups is 1. The first-order valence-electron chi connectivity index (χ1n) is 15.4. The zero-order valence-corrected chi connectivity index (χ0v) is 25.6. The third kappa shape index (κ3) is 6.49. The van der Waals surface area contributed by atoms with Gasteiger partial charge in [0, 0.05) is 49.7 Å². The van der Waals surface area contributed by atoms with Crippen LogP contribution in [-0.4, -0.2) is 75.9 Å². The summed E-state index contributed by atoms with van der Waals surface area (Å²) < 4.78 is 19.4. The van der Waals surface area contributed by atoms with E-state index in [2.05, 4.69) is 44.3 Å². The lowest BCUT2D eigenvalue weighted by Crippen LogP contribution is -2.55. The summed E-state index contributed by atoms with van der Waals surface area (Å²) in [6.07, 6.45) is 3.72. The maximum Gasteiger partial charge on any atom is 0.407 e. The van der Waals surface area contributed by atoms with E-state index in [0.717, 1.165) is 88.1 Å². The predicted molar refractivity (Wildman–Crippen MR) is 164 cm³/mol. The average Bonchev–Trinajstić information content (AvgIpc) is 3.44. The molecule has 1 saturated carbocycles. The van der Waals surface area contributed by atoms with Crippen LogP contribution in [0, 0.1) is 46.2 Å². The van der Waals surface area contributed by atoms with Crippen LogP contribution in [0.2, 0.25) is 0 Å². The Balaban J connectivity index is 1.24. The van der Waals surface area contributed by atoms with Gasteiger partial charge in [-0.15, -0.1) is 0 Å². The van der Waals surface area contributed by atoms with E-state index < -0.39 is 11.5 Å². The molecule has 0 bridgehead atoms. The van der Waals surface area contributed by atoms with Gasteiger partial charge >= 0.3 is 6.09 Å². The lowest BCUT2D eigenvalue weighted by atomic mass is 9.59. The Morgan fingerprint density at radius 1 is 1.12 bits per heavy atom. The van der Waals surface area contributed by atoms with E-state index in [4.69, 9.17) is 4.74 Å². The van der Waals surface area contributed by atoms with Gasteiger partial charge < -0.3 is 24.8 Å². The predicted octanol–water partition coefficient (Wildman–Crippen LogP) is 4.89. The molecule has 1 amide bonds. The van der Waals surface area contributed by atoms with E-state index in [-0.39, 0.29) is 23.7 Å². The number of anilines is 1. The third-order valence-electron chi connectivity index (χ3n) is 9.84. The molecule has 1 N–H and O–H groups in total. The molecular formula is C34H43FN6O2. The number of methoxy groups -OCH3 is 1. The minimum atomic E-state index is -0.885. The number of likely N-dealkylation sites (tertiary alicyclic amines) is 1. The van der Waals surface area contributed by atoms with Gasteiger partial charge in [-0.05, 0) is 100 Å². The van der Waals surface area contributed by atoms with Gasteiger partial charge in [-0.3, -0.25) is 0 Å². The van der Waals surface area contributed by atoms with Crippen LogP contribution in [0.5, 0.6) is 0 Å². The first-order valence-corrected chi connectivity index (χ1v) is 15.4. The number of carbonyl (C=O) groups excluding carboxylic acids is 1. The van der Waals surface area contributed by atoms with Crippen molar-refractivity contribution in [1.82, 2.24) is 15.1 Å². The second-order valence-corrected chi connectivity index (χ2v) is 12.8.